The van der Waals surface area contributed by atoms with E-state index in [0.717, 1.165) is 64.2 Å². The van der Waals surface area contributed by atoms with Gasteiger partial charge in [0.05, 0.1) is 31.3 Å². The fourth-order valence-electron chi connectivity index (χ4n) is 7.86. The van der Waals surface area contributed by atoms with Crippen LogP contribution in [-0.2, 0) is 18.4 Å². The highest BCUT2D eigenvalue weighted by atomic mass is 31.2. The van der Waals surface area contributed by atoms with Gasteiger partial charge in [-0.2, -0.15) is 0 Å². The lowest BCUT2D eigenvalue weighted by atomic mass is 9.85. The SMILES string of the molecule is CCCCCCCCCCC/C=C\C/C=C\CCCCCCCC(O)CC(=O)NC(COP(=O)(O)OC1C(O)C(O)C(O)C(O)C1O)C(O)/C=C/CCCCCCCCCCCC. The second kappa shape index (κ2) is 38.6. The van der Waals surface area contributed by atoms with Gasteiger partial charge in [0.25, 0.3) is 0 Å². The zero-order valence-corrected chi connectivity index (χ0v) is 40.1. The summed E-state index contributed by atoms with van der Waals surface area (Å²) in [5.41, 5.74) is 0. The summed E-state index contributed by atoms with van der Waals surface area (Å²) in [5, 5.41) is 74.5. The van der Waals surface area contributed by atoms with Crippen LogP contribution in [0.15, 0.2) is 36.5 Å². The Balaban J connectivity index is 2.47. The molecule has 1 saturated carbocycles. The van der Waals surface area contributed by atoms with E-state index in [4.69, 9.17) is 9.05 Å². The van der Waals surface area contributed by atoms with Crippen LogP contribution < -0.4 is 5.32 Å². The smallest absolute Gasteiger partial charge is 0.393 e. The number of carbonyl (C=O) groups excluding carboxylic acids is 1. The summed E-state index contributed by atoms with van der Waals surface area (Å²) < 4.78 is 22.9. The predicted octanol–water partition coefficient (Wildman–Crippen LogP) is 8.92. The Kier molecular flexibility index (Phi) is 36.5. The average Bonchev–Trinajstić information content (AvgIpc) is 3.26. The third kappa shape index (κ3) is 30.4. The molecule has 370 valence electrons. The number of rotatable bonds is 41. The van der Waals surface area contributed by atoms with Gasteiger partial charge < -0.3 is 46.0 Å². The van der Waals surface area contributed by atoms with Crippen molar-refractivity contribution in [2.75, 3.05) is 6.61 Å². The van der Waals surface area contributed by atoms with Gasteiger partial charge in [-0.3, -0.25) is 13.8 Å². The molecule has 0 aromatic rings. The maximum absolute atomic E-state index is 13.0. The van der Waals surface area contributed by atoms with Crippen molar-refractivity contribution >= 4 is 13.7 Å². The Labute approximate surface area is 381 Å². The molecule has 9 N–H and O–H groups in total. The fourth-order valence-corrected chi connectivity index (χ4v) is 8.83. The van der Waals surface area contributed by atoms with E-state index in [9.17, 15) is 50.0 Å². The Bertz CT molecular complexity index is 1220. The topological polar surface area (TPSA) is 226 Å². The summed E-state index contributed by atoms with van der Waals surface area (Å²) in [6.07, 6.45) is 30.9. The maximum Gasteiger partial charge on any atom is 0.472 e. The lowest BCUT2D eigenvalue weighted by molar-refractivity contribution is -0.220. The van der Waals surface area contributed by atoms with E-state index in [1.807, 2.05) is 0 Å². The number of phosphoric ester groups is 1. The molecule has 0 aromatic carbocycles. The van der Waals surface area contributed by atoms with Crippen LogP contribution in [0, 0.1) is 0 Å². The molecule has 8 atom stereocenters. The molecule has 0 aromatic heterocycles. The molecular formula is C49H92NO12P. The molecule has 0 spiro atoms. The predicted molar refractivity (Wildman–Crippen MR) is 252 cm³/mol. The highest BCUT2D eigenvalue weighted by molar-refractivity contribution is 7.47. The van der Waals surface area contributed by atoms with Gasteiger partial charge in [0.2, 0.25) is 5.91 Å². The first-order chi connectivity index (χ1) is 30.3. The van der Waals surface area contributed by atoms with Crippen LogP contribution in [0.25, 0.3) is 0 Å². The first-order valence-electron chi connectivity index (χ1n) is 25.0. The van der Waals surface area contributed by atoms with Crippen molar-refractivity contribution in [2.24, 2.45) is 0 Å². The standard InChI is InChI=1S/C49H92NO12P/c1-3-5-7-9-11-13-15-17-18-19-20-21-22-23-24-25-26-28-30-32-34-36-40(51)38-43(53)50-41(42(52)37-35-33-31-29-27-16-14-12-10-8-6-4-2)39-61-63(59,60)62-49-47(57)45(55)44(54)46(56)48(49)58/h20-21,23-24,35,37,40-42,44-49,51-52,54-58H,3-19,22,25-34,36,38-39H2,1-2H3,(H,50,53)(H,59,60)/b21-20-,24-23-,37-35+. The fraction of sp³-hybridized carbons (Fsp3) is 0.857. The van der Waals surface area contributed by atoms with Crippen molar-refractivity contribution in [1.29, 1.82) is 0 Å². The van der Waals surface area contributed by atoms with E-state index >= 15 is 0 Å². The van der Waals surface area contributed by atoms with Gasteiger partial charge >= 0.3 is 7.82 Å². The van der Waals surface area contributed by atoms with E-state index in [0.29, 0.717) is 12.8 Å². The Morgan fingerprint density at radius 1 is 0.571 bits per heavy atom. The number of allylic oxidation sites excluding steroid dienone is 5. The zero-order chi connectivity index (χ0) is 46.6. The molecule has 63 heavy (non-hydrogen) atoms. The molecule has 0 radical (unpaired) electrons. The summed E-state index contributed by atoms with van der Waals surface area (Å²) in [6.45, 7) is 3.73. The Morgan fingerprint density at radius 3 is 1.43 bits per heavy atom. The molecule has 14 heteroatoms. The van der Waals surface area contributed by atoms with E-state index in [1.165, 1.54) is 115 Å². The second-order valence-electron chi connectivity index (χ2n) is 17.8. The van der Waals surface area contributed by atoms with Crippen LogP contribution >= 0.6 is 7.82 Å². The van der Waals surface area contributed by atoms with E-state index in [-0.39, 0.29) is 6.42 Å². The first kappa shape index (κ1) is 59.5. The number of nitrogens with one attached hydrogen (secondary N) is 1. The molecule has 1 aliphatic rings. The van der Waals surface area contributed by atoms with Gasteiger partial charge in [0, 0.05) is 0 Å². The highest BCUT2D eigenvalue weighted by Gasteiger charge is 2.51. The highest BCUT2D eigenvalue weighted by Crippen LogP contribution is 2.47. The molecule has 1 amide bonds. The first-order valence-corrected chi connectivity index (χ1v) is 26.5. The number of amides is 1. The monoisotopic (exact) mass is 918 g/mol. The van der Waals surface area contributed by atoms with Gasteiger partial charge in [0.1, 0.15) is 36.6 Å². The second-order valence-corrected chi connectivity index (χ2v) is 19.3. The molecule has 13 nitrogen and oxygen atoms in total. The number of hydrogen-bond acceptors (Lipinski definition) is 11. The van der Waals surface area contributed by atoms with Crippen LogP contribution in [-0.4, -0.2) is 108 Å². The number of carbonyl (C=O) groups is 1. The Morgan fingerprint density at radius 2 is 0.968 bits per heavy atom. The molecule has 0 aliphatic heterocycles. The Hall–Kier alpha value is -1.48. The van der Waals surface area contributed by atoms with Gasteiger partial charge in [-0.15, -0.1) is 0 Å². The minimum Gasteiger partial charge on any atom is -0.393 e. The van der Waals surface area contributed by atoms with Crippen molar-refractivity contribution in [3.63, 3.8) is 0 Å². The molecule has 0 heterocycles. The van der Waals surface area contributed by atoms with Crippen molar-refractivity contribution < 1.29 is 59.0 Å². The summed E-state index contributed by atoms with van der Waals surface area (Å²) in [5.74, 6) is -0.601. The largest absolute Gasteiger partial charge is 0.472 e. The van der Waals surface area contributed by atoms with Gasteiger partial charge in [-0.1, -0.05) is 185 Å². The molecule has 0 bridgehead atoms. The zero-order valence-electron chi connectivity index (χ0n) is 39.2. The van der Waals surface area contributed by atoms with Crippen LogP contribution in [0.3, 0.4) is 0 Å². The van der Waals surface area contributed by atoms with Crippen LogP contribution in [0.4, 0.5) is 0 Å². The molecule has 1 rings (SSSR count). The van der Waals surface area contributed by atoms with Crippen molar-refractivity contribution in [2.45, 2.75) is 261 Å². The number of hydrogen-bond donors (Lipinski definition) is 9. The van der Waals surface area contributed by atoms with E-state index in [2.05, 4.69) is 43.5 Å². The van der Waals surface area contributed by atoms with Crippen LogP contribution in [0.1, 0.15) is 206 Å². The quantitative estimate of drug-likeness (QED) is 0.0159. The molecule has 1 fully saturated rings. The van der Waals surface area contributed by atoms with Gasteiger partial charge in [0.15, 0.2) is 0 Å². The van der Waals surface area contributed by atoms with Crippen molar-refractivity contribution in [1.82, 2.24) is 5.32 Å². The third-order valence-electron chi connectivity index (χ3n) is 12.0. The molecular weight excluding hydrogens is 826 g/mol. The summed E-state index contributed by atoms with van der Waals surface area (Å²) in [6, 6.07) is -1.24. The van der Waals surface area contributed by atoms with Crippen LogP contribution in [0.2, 0.25) is 0 Å². The number of aliphatic hydroxyl groups excluding tert-OH is 7. The number of aliphatic hydroxyl groups is 7. The van der Waals surface area contributed by atoms with E-state index < -0.39 is 75.2 Å². The van der Waals surface area contributed by atoms with E-state index in [1.54, 1.807) is 6.08 Å². The lowest BCUT2D eigenvalue weighted by Crippen LogP contribution is -2.64. The van der Waals surface area contributed by atoms with Crippen molar-refractivity contribution in [3.05, 3.63) is 36.5 Å². The third-order valence-corrected chi connectivity index (χ3v) is 13.0. The lowest BCUT2D eigenvalue weighted by Gasteiger charge is -2.41. The summed E-state index contributed by atoms with van der Waals surface area (Å²) in [4.78, 5) is 23.4. The van der Waals surface area contributed by atoms with Crippen LogP contribution in [0.5, 0.6) is 0 Å². The maximum atomic E-state index is 13.0. The molecule has 0 saturated heterocycles. The minimum atomic E-state index is -5.14. The van der Waals surface area contributed by atoms with Crippen molar-refractivity contribution in [3.8, 4) is 0 Å². The number of unbranched alkanes of at least 4 members (excludes halogenated alkanes) is 24. The average molecular weight is 918 g/mol. The number of phosphoric acid groups is 1. The van der Waals surface area contributed by atoms with Gasteiger partial charge in [-0.25, -0.2) is 4.57 Å². The summed E-state index contributed by atoms with van der Waals surface area (Å²) >= 11 is 0. The van der Waals surface area contributed by atoms with Gasteiger partial charge in [-0.05, 0) is 51.4 Å². The normalized spacial score (nSPS) is 23.1. The minimum absolute atomic E-state index is 0.254. The summed E-state index contributed by atoms with van der Waals surface area (Å²) in [7, 11) is -5.14. The molecule has 1 aliphatic carbocycles. The molecule has 8 unspecified atom stereocenters.